The first kappa shape index (κ1) is 21.3. The van der Waals surface area contributed by atoms with Crippen LogP contribution >= 0.6 is 0 Å². The van der Waals surface area contributed by atoms with Gasteiger partial charge in [0.15, 0.2) is 0 Å². The number of aryl methyl sites for hydroxylation is 1. The molecule has 0 saturated heterocycles. The molecule has 5 aromatic rings. The first-order valence-electron chi connectivity index (χ1n) is 10.7. The molecule has 8 heteroatoms. The van der Waals surface area contributed by atoms with E-state index in [2.05, 4.69) is 15.4 Å². The van der Waals surface area contributed by atoms with E-state index in [1.54, 1.807) is 44.8 Å². The Kier molecular flexibility index (Phi) is 5.47. The number of imidazole rings is 1. The van der Waals surface area contributed by atoms with E-state index in [0.717, 1.165) is 28.2 Å². The second-order valence-corrected chi connectivity index (χ2v) is 7.80. The van der Waals surface area contributed by atoms with Gasteiger partial charge in [0.05, 0.1) is 25.6 Å². The number of benzene rings is 2. The lowest BCUT2D eigenvalue weighted by molar-refractivity contribution is 0.102. The van der Waals surface area contributed by atoms with Crippen LogP contribution in [0.1, 0.15) is 15.9 Å². The fourth-order valence-electron chi connectivity index (χ4n) is 3.83. The number of anilines is 1. The van der Waals surface area contributed by atoms with E-state index in [1.807, 2.05) is 64.8 Å². The molecule has 170 valence electrons. The van der Waals surface area contributed by atoms with Crippen molar-refractivity contribution in [1.29, 1.82) is 0 Å². The van der Waals surface area contributed by atoms with Crippen molar-refractivity contribution in [2.75, 3.05) is 19.5 Å². The van der Waals surface area contributed by atoms with Gasteiger partial charge in [0.2, 0.25) is 0 Å². The highest BCUT2D eigenvalue weighted by Gasteiger charge is 2.14. The number of fused-ring (bicyclic) bond motifs is 1. The molecule has 0 aliphatic heterocycles. The van der Waals surface area contributed by atoms with E-state index in [-0.39, 0.29) is 5.91 Å². The van der Waals surface area contributed by atoms with Crippen molar-refractivity contribution in [3.63, 3.8) is 0 Å². The molecule has 0 atom stereocenters. The number of carbonyl (C=O) groups is 1. The van der Waals surface area contributed by atoms with Gasteiger partial charge in [-0.2, -0.15) is 5.10 Å². The highest BCUT2D eigenvalue weighted by atomic mass is 16.5. The predicted molar refractivity (Wildman–Crippen MR) is 130 cm³/mol. The molecular formula is C26H23N5O3. The van der Waals surface area contributed by atoms with Crippen LogP contribution < -0.4 is 14.8 Å². The minimum atomic E-state index is -0.257. The van der Waals surface area contributed by atoms with Crippen LogP contribution in [-0.2, 0) is 0 Å². The molecule has 0 unspecified atom stereocenters. The molecule has 0 fully saturated rings. The number of methoxy groups -OCH3 is 2. The third kappa shape index (κ3) is 3.97. The second kappa shape index (κ2) is 8.74. The second-order valence-electron chi connectivity index (χ2n) is 7.80. The lowest BCUT2D eigenvalue weighted by Crippen LogP contribution is -2.12. The van der Waals surface area contributed by atoms with Gasteiger partial charge in [0.1, 0.15) is 17.1 Å². The van der Waals surface area contributed by atoms with Gasteiger partial charge >= 0.3 is 0 Å². The maximum absolute atomic E-state index is 13.0. The SMILES string of the molecule is COc1cc(OC)cc(C(=O)Nc2ccc(C)c(-n3ccn4nc(-c5cccnc5)cc34)c2)c1. The number of amides is 1. The molecule has 2 aromatic carbocycles. The smallest absolute Gasteiger partial charge is 0.255 e. The van der Waals surface area contributed by atoms with E-state index in [4.69, 9.17) is 9.47 Å². The minimum Gasteiger partial charge on any atom is -0.497 e. The van der Waals surface area contributed by atoms with Crippen LogP contribution in [-0.4, -0.2) is 39.3 Å². The molecule has 5 rings (SSSR count). The third-order valence-electron chi connectivity index (χ3n) is 5.62. The first-order chi connectivity index (χ1) is 16.6. The van der Waals surface area contributed by atoms with Crippen LogP contribution in [0.5, 0.6) is 11.5 Å². The van der Waals surface area contributed by atoms with Gasteiger partial charge in [-0.15, -0.1) is 0 Å². The molecule has 1 N–H and O–H groups in total. The molecule has 3 aromatic heterocycles. The summed E-state index contributed by atoms with van der Waals surface area (Å²) < 4.78 is 14.4. The highest BCUT2D eigenvalue weighted by molar-refractivity contribution is 6.05. The molecule has 0 radical (unpaired) electrons. The summed E-state index contributed by atoms with van der Waals surface area (Å²) in [7, 11) is 3.10. The van der Waals surface area contributed by atoms with Crippen LogP contribution in [0.4, 0.5) is 5.69 Å². The lowest BCUT2D eigenvalue weighted by atomic mass is 10.1. The molecule has 8 nitrogen and oxygen atoms in total. The first-order valence-corrected chi connectivity index (χ1v) is 10.7. The Hall–Kier alpha value is -4.59. The van der Waals surface area contributed by atoms with Gasteiger partial charge in [0, 0.05) is 53.7 Å². The summed E-state index contributed by atoms with van der Waals surface area (Å²) >= 11 is 0. The average molecular weight is 454 g/mol. The zero-order valence-electron chi connectivity index (χ0n) is 19.0. The maximum Gasteiger partial charge on any atom is 0.255 e. The Morgan fingerprint density at radius 3 is 2.47 bits per heavy atom. The molecule has 0 saturated carbocycles. The van der Waals surface area contributed by atoms with Crippen LogP contribution in [0.3, 0.4) is 0 Å². The van der Waals surface area contributed by atoms with Gasteiger partial charge in [0.25, 0.3) is 5.91 Å². The Bertz CT molecular complexity index is 1470. The molecule has 0 aliphatic rings. The predicted octanol–water partition coefficient (Wildman–Crippen LogP) is 4.76. The maximum atomic E-state index is 13.0. The number of carbonyl (C=O) groups excluding carboxylic acids is 1. The van der Waals surface area contributed by atoms with Crippen molar-refractivity contribution in [2.45, 2.75) is 6.92 Å². The number of hydrogen-bond acceptors (Lipinski definition) is 5. The number of rotatable bonds is 6. The Balaban J connectivity index is 1.47. The van der Waals surface area contributed by atoms with Crippen LogP contribution in [0.15, 0.2) is 79.4 Å². The molecule has 1 amide bonds. The van der Waals surface area contributed by atoms with Gasteiger partial charge in [-0.05, 0) is 48.9 Å². The summed E-state index contributed by atoms with van der Waals surface area (Å²) in [5.41, 5.74) is 5.81. The van der Waals surface area contributed by atoms with Crippen molar-refractivity contribution in [3.05, 3.63) is 90.5 Å². The van der Waals surface area contributed by atoms with Crippen molar-refractivity contribution in [1.82, 2.24) is 19.2 Å². The summed E-state index contributed by atoms with van der Waals surface area (Å²) in [6.07, 6.45) is 7.39. The van der Waals surface area contributed by atoms with Crippen molar-refractivity contribution >= 4 is 17.2 Å². The van der Waals surface area contributed by atoms with E-state index in [0.29, 0.717) is 22.7 Å². The monoisotopic (exact) mass is 453 g/mol. The number of ether oxygens (including phenoxy) is 2. The quantitative estimate of drug-likeness (QED) is 0.401. The Labute approximate surface area is 196 Å². The Morgan fingerprint density at radius 2 is 1.76 bits per heavy atom. The normalized spacial score (nSPS) is 10.9. The lowest BCUT2D eigenvalue weighted by Gasteiger charge is -2.12. The molecule has 0 spiro atoms. The summed E-state index contributed by atoms with van der Waals surface area (Å²) in [6.45, 7) is 2.03. The topological polar surface area (TPSA) is 82.7 Å². The van der Waals surface area contributed by atoms with Gasteiger partial charge in [-0.3, -0.25) is 14.3 Å². The average Bonchev–Trinajstić information content (AvgIpc) is 3.46. The number of aromatic nitrogens is 4. The van der Waals surface area contributed by atoms with Crippen LogP contribution in [0.25, 0.3) is 22.6 Å². The van der Waals surface area contributed by atoms with Gasteiger partial charge in [-0.25, -0.2) is 4.52 Å². The Morgan fingerprint density at radius 1 is 0.971 bits per heavy atom. The molecular weight excluding hydrogens is 430 g/mol. The van der Waals surface area contributed by atoms with E-state index < -0.39 is 0 Å². The fourth-order valence-corrected chi connectivity index (χ4v) is 3.83. The van der Waals surface area contributed by atoms with E-state index in [1.165, 1.54) is 0 Å². The fraction of sp³-hybridized carbons (Fsp3) is 0.115. The van der Waals surface area contributed by atoms with Crippen LogP contribution in [0, 0.1) is 6.92 Å². The zero-order chi connectivity index (χ0) is 23.7. The summed E-state index contributed by atoms with van der Waals surface area (Å²) in [5, 5.41) is 7.64. The van der Waals surface area contributed by atoms with E-state index >= 15 is 0 Å². The standard InChI is InChI=1S/C26H23N5O3/c1-17-6-7-20(28-26(32)19-11-21(33-2)14-22(12-19)34-3)13-24(17)30-9-10-31-25(30)15-23(29-31)18-5-4-8-27-16-18/h4-16H,1-3H3,(H,28,32). The number of nitrogens with zero attached hydrogens (tertiary/aromatic N) is 4. The number of nitrogens with one attached hydrogen (secondary N) is 1. The van der Waals surface area contributed by atoms with Gasteiger partial charge in [-0.1, -0.05) is 6.07 Å². The number of hydrogen-bond donors (Lipinski definition) is 1. The molecule has 0 bridgehead atoms. The molecule has 3 heterocycles. The zero-order valence-corrected chi connectivity index (χ0v) is 19.0. The van der Waals surface area contributed by atoms with E-state index in [9.17, 15) is 4.79 Å². The summed E-state index contributed by atoms with van der Waals surface area (Å²) in [4.78, 5) is 17.1. The van der Waals surface area contributed by atoms with Crippen molar-refractivity contribution in [2.24, 2.45) is 0 Å². The molecule has 34 heavy (non-hydrogen) atoms. The van der Waals surface area contributed by atoms with Gasteiger partial charge < -0.3 is 14.8 Å². The highest BCUT2D eigenvalue weighted by Crippen LogP contribution is 2.27. The minimum absolute atomic E-state index is 0.257. The summed E-state index contributed by atoms with van der Waals surface area (Å²) in [6, 6.07) is 16.8. The largest absolute Gasteiger partial charge is 0.497 e. The molecule has 0 aliphatic carbocycles. The number of pyridine rings is 1. The third-order valence-corrected chi connectivity index (χ3v) is 5.62. The summed E-state index contributed by atoms with van der Waals surface area (Å²) in [5.74, 6) is 0.843. The van der Waals surface area contributed by atoms with Crippen LogP contribution in [0.2, 0.25) is 0 Å². The van der Waals surface area contributed by atoms with Crippen molar-refractivity contribution in [3.8, 4) is 28.4 Å². The van der Waals surface area contributed by atoms with Crippen molar-refractivity contribution < 1.29 is 14.3 Å².